The fraction of sp³-hybridized carbons (Fsp3) is 0.233. The van der Waals surface area contributed by atoms with Crippen molar-refractivity contribution < 1.29 is 9.47 Å². The number of benzene rings is 3. The van der Waals surface area contributed by atoms with Crippen molar-refractivity contribution in [2.24, 2.45) is 5.10 Å². The lowest BCUT2D eigenvalue weighted by atomic mass is 9.96. The number of ether oxygens (including phenoxy) is 2. The largest absolute Gasteiger partial charge is 0.494 e. The van der Waals surface area contributed by atoms with Gasteiger partial charge in [-0.25, -0.2) is 4.98 Å². The van der Waals surface area contributed by atoms with E-state index in [9.17, 15) is 4.79 Å². The zero-order valence-corrected chi connectivity index (χ0v) is 21.2. The predicted octanol–water partition coefficient (Wildman–Crippen LogP) is 6.34. The number of aryl methyl sites for hydroxylation is 1. The Kier molecular flexibility index (Phi) is 7.64. The lowest BCUT2D eigenvalue weighted by Gasteiger charge is -2.18. The third-order valence-electron chi connectivity index (χ3n) is 5.86. The van der Waals surface area contributed by atoms with Crippen LogP contribution in [0, 0.1) is 6.92 Å². The summed E-state index contributed by atoms with van der Waals surface area (Å²) in [7, 11) is 0. The third-order valence-corrected chi connectivity index (χ3v) is 5.86. The molecule has 4 rings (SSSR count). The molecule has 0 saturated carbocycles. The van der Waals surface area contributed by atoms with Crippen LogP contribution >= 0.6 is 0 Å². The second-order valence-corrected chi connectivity index (χ2v) is 8.74. The molecule has 1 aromatic heterocycles. The van der Waals surface area contributed by atoms with Crippen LogP contribution in [0.5, 0.6) is 11.5 Å². The Balaban J connectivity index is 1.94. The first-order valence-corrected chi connectivity index (χ1v) is 12.1. The van der Waals surface area contributed by atoms with E-state index in [-0.39, 0.29) is 11.5 Å². The van der Waals surface area contributed by atoms with Crippen LogP contribution in [-0.2, 0) is 0 Å². The fourth-order valence-corrected chi connectivity index (χ4v) is 4.06. The smallest absolute Gasteiger partial charge is 0.282 e. The summed E-state index contributed by atoms with van der Waals surface area (Å²) < 4.78 is 13.0. The van der Waals surface area contributed by atoms with Gasteiger partial charge in [0.05, 0.1) is 23.7 Å². The first kappa shape index (κ1) is 24.9. The Morgan fingerprint density at radius 3 is 2.56 bits per heavy atom. The molecule has 4 aromatic rings. The molecule has 0 aliphatic rings. The van der Waals surface area contributed by atoms with E-state index in [1.165, 1.54) is 4.68 Å². The van der Waals surface area contributed by atoms with E-state index >= 15 is 0 Å². The van der Waals surface area contributed by atoms with E-state index in [4.69, 9.17) is 14.5 Å². The van der Waals surface area contributed by atoms with Crippen molar-refractivity contribution in [3.63, 3.8) is 0 Å². The molecule has 0 fully saturated rings. The lowest BCUT2D eigenvalue weighted by Crippen LogP contribution is -2.21. The van der Waals surface area contributed by atoms with Crippen molar-refractivity contribution in [3.8, 4) is 22.9 Å². The summed E-state index contributed by atoms with van der Waals surface area (Å²) in [5.74, 6) is 2.20. The summed E-state index contributed by atoms with van der Waals surface area (Å²) in [6.07, 6.45) is 3.32. The Morgan fingerprint density at radius 2 is 1.81 bits per heavy atom. The van der Waals surface area contributed by atoms with E-state index in [1.54, 1.807) is 18.4 Å². The summed E-state index contributed by atoms with van der Waals surface area (Å²) in [6, 6.07) is 18.9. The summed E-state index contributed by atoms with van der Waals surface area (Å²) in [5, 5.41) is 5.13. The summed E-state index contributed by atoms with van der Waals surface area (Å²) in [4.78, 5) is 18.5. The molecule has 3 aromatic carbocycles. The summed E-state index contributed by atoms with van der Waals surface area (Å²) in [5.41, 5.74) is 3.96. The highest BCUT2D eigenvalue weighted by atomic mass is 16.5. The van der Waals surface area contributed by atoms with Crippen molar-refractivity contribution in [1.82, 2.24) is 9.66 Å². The molecule has 0 N–H and O–H groups in total. The number of aromatic nitrogens is 2. The van der Waals surface area contributed by atoms with Gasteiger partial charge >= 0.3 is 0 Å². The van der Waals surface area contributed by atoms with E-state index in [0.29, 0.717) is 35.7 Å². The van der Waals surface area contributed by atoms with Crippen LogP contribution in [0.1, 0.15) is 43.4 Å². The van der Waals surface area contributed by atoms with Crippen molar-refractivity contribution in [3.05, 3.63) is 100 Å². The first-order valence-electron chi connectivity index (χ1n) is 12.1. The molecule has 0 radical (unpaired) electrons. The van der Waals surface area contributed by atoms with Crippen LogP contribution in [-0.4, -0.2) is 29.1 Å². The van der Waals surface area contributed by atoms with Crippen LogP contribution in [0.2, 0.25) is 0 Å². The molecule has 0 aliphatic heterocycles. The van der Waals surface area contributed by atoms with Crippen LogP contribution in [0.15, 0.2) is 83.2 Å². The minimum Gasteiger partial charge on any atom is -0.494 e. The van der Waals surface area contributed by atoms with Gasteiger partial charge in [-0.3, -0.25) is 4.79 Å². The average Bonchev–Trinajstić information content (AvgIpc) is 2.87. The van der Waals surface area contributed by atoms with Crippen LogP contribution < -0.4 is 15.0 Å². The minimum absolute atomic E-state index is 0.226. The van der Waals surface area contributed by atoms with Crippen molar-refractivity contribution >= 4 is 17.1 Å². The van der Waals surface area contributed by atoms with Gasteiger partial charge in [0.1, 0.15) is 18.1 Å². The number of rotatable bonds is 9. The summed E-state index contributed by atoms with van der Waals surface area (Å²) >= 11 is 0. The van der Waals surface area contributed by atoms with Crippen molar-refractivity contribution in [2.75, 3.05) is 13.2 Å². The molecule has 0 bridgehead atoms. The predicted molar refractivity (Wildman–Crippen MR) is 147 cm³/mol. The van der Waals surface area contributed by atoms with Gasteiger partial charge in [0, 0.05) is 11.1 Å². The molecule has 6 nitrogen and oxygen atoms in total. The highest BCUT2D eigenvalue weighted by Crippen LogP contribution is 2.34. The quantitative estimate of drug-likeness (QED) is 0.207. The van der Waals surface area contributed by atoms with Gasteiger partial charge in [0.2, 0.25) is 0 Å². The number of hydrogen-bond donors (Lipinski definition) is 0. The molecule has 0 amide bonds. The molecule has 6 heteroatoms. The molecule has 0 saturated heterocycles. The van der Waals surface area contributed by atoms with Gasteiger partial charge in [-0.2, -0.15) is 9.78 Å². The topological polar surface area (TPSA) is 65.7 Å². The number of para-hydroxylation sites is 2. The molecule has 0 atom stereocenters. The van der Waals surface area contributed by atoms with Crippen LogP contribution in [0.3, 0.4) is 0 Å². The maximum atomic E-state index is 13.6. The molecule has 0 unspecified atom stereocenters. The maximum Gasteiger partial charge on any atom is 0.282 e. The highest BCUT2D eigenvalue weighted by Gasteiger charge is 2.18. The van der Waals surface area contributed by atoms with Crippen LogP contribution in [0.4, 0.5) is 0 Å². The maximum absolute atomic E-state index is 13.6. The van der Waals surface area contributed by atoms with E-state index in [2.05, 4.69) is 31.6 Å². The lowest BCUT2D eigenvalue weighted by molar-refractivity contribution is 0.335. The van der Waals surface area contributed by atoms with E-state index in [1.807, 2.05) is 62.4 Å². The Labute approximate surface area is 211 Å². The van der Waals surface area contributed by atoms with Gasteiger partial charge in [-0.1, -0.05) is 50.8 Å². The normalized spacial score (nSPS) is 11.4. The molecular formula is C30H31N3O3. The van der Waals surface area contributed by atoms with Crippen molar-refractivity contribution in [2.45, 2.75) is 33.6 Å². The van der Waals surface area contributed by atoms with Gasteiger partial charge in [-0.05, 0) is 67.3 Å². The standard InChI is InChI=1S/C30H31N3O3/c1-6-16-36-27-15-11-8-12-22(27)19-31-33-29(32-26-14-10-9-13-23(26)30(33)34)25-18-24(20(3)4)28(35-7-2)17-21(25)5/h6,8-15,17-20H,1,7,16H2,2-5H3. The minimum atomic E-state index is -0.240. The SMILES string of the molecule is C=CCOc1ccccc1C=Nn1c(-c2cc(C(C)C)c(OCC)cc2C)nc2ccccc2c1=O. The Hall–Kier alpha value is -4.19. The number of hydrogen-bond acceptors (Lipinski definition) is 5. The molecule has 0 aliphatic carbocycles. The summed E-state index contributed by atoms with van der Waals surface area (Å²) in [6.45, 7) is 12.9. The number of nitrogens with zero attached hydrogens (tertiary/aromatic N) is 3. The van der Waals surface area contributed by atoms with Crippen molar-refractivity contribution in [1.29, 1.82) is 0 Å². The van der Waals surface area contributed by atoms with Gasteiger partial charge in [0.25, 0.3) is 5.56 Å². The molecule has 184 valence electrons. The van der Waals surface area contributed by atoms with Crippen LogP contribution in [0.25, 0.3) is 22.3 Å². The second-order valence-electron chi connectivity index (χ2n) is 8.74. The first-order chi connectivity index (χ1) is 17.4. The monoisotopic (exact) mass is 481 g/mol. The highest BCUT2D eigenvalue weighted by molar-refractivity contribution is 5.84. The molecular weight excluding hydrogens is 450 g/mol. The Morgan fingerprint density at radius 1 is 1.06 bits per heavy atom. The van der Waals surface area contributed by atoms with Gasteiger partial charge < -0.3 is 9.47 Å². The molecule has 0 spiro atoms. The molecule has 1 heterocycles. The zero-order valence-electron chi connectivity index (χ0n) is 21.2. The third kappa shape index (κ3) is 5.08. The van der Waals surface area contributed by atoms with E-state index in [0.717, 1.165) is 28.0 Å². The van der Waals surface area contributed by atoms with Gasteiger partial charge in [-0.15, -0.1) is 0 Å². The number of fused-ring (bicyclic) bond motifs is 1. The molecule has 36 heavy (non-hydrogen) atoms. The average molecular weight is 482 g/mol. The Bertz CT molecular complexity index is 1490. The van der Waals surface area contributed by atoms with E-state index < -0.39 is 0 Å². The zero-order chi connectivity index (χ0) is 25.7. The van der Waals surface area contributed by atoms with Gasteiger partial charge in [0.15, 0.2) is 5.82 Å². The second kappa shape index (κ2) is 11.0. The fourth-order valence-electron chi connectivity index (χ4n) is 4.06.